The number of hydrogen-bond donors (Lipinski definition) is 2. The summed E-state index contributed by atoms with van der Waals surface area (Å²) in [6.45, 7) is 2.14. The van der Waals surface area contributed by atoms with E-state index in [4.69, 9.17) is 9.47 Å². The van der Waals surface area contributed by atoms with Crippen molar-refractivity contribution in [3.8, 4) is 11.5 Å². The molecule has 8 nitrogen and oxygen atoms in total. The quantitative estimate of drug-likeness (QED) is 0.864. The molecule has 1 aromatic heterocycles. The molecule has 0 bridgehead atoms. The van der Waals surface area contributed by atoms with E-state index in [0.29, 0.717) is 19.0 Å². The Balaban J connectivity index is 1.18. The number of nitrogens with one attached hydrogen (secondary N) is 2. The van der Waals surface area contributed by atoms with Gasteiger partial charge in [-0.15, -0.1) is 0 Å². The van der Waals surface area contributed by atoms with E-state index < -0.39 is 0 Å². The van der Waals surface area contributed by atoms with Crippen molar-refractivity contribution in [1.29, 1.82) is 0 Å². The number of hydrogen-bond acceptors (Lipinski definition) is 5. The minimum absolute atomic E-state index is 0.0460. The Hall–Kier alpha value is -2.77. The third-order valence-corrected chi connectivity index (χ3v) is 5.44. The van der Waals surface area contributed by atoms with E-state index in [-0.39, 0.29) is 18.7 Å². The standard InChI is InChI=1S/C19H23N5O3/c25-19(20-9-12-3-6-15-16(8-12)27-11-26-15)24-7-1-2-14(10-24)18-21-17(22-23-18)13-4-5-13/h3,6,8,13-14H,1-2,4-5,7,9-11H2,(H,20,25)(H,21,22,23)/t14-/m0/s1. The summed E-state index contributed by atoms with van der Waals surface area (Å²) in [7, 11) is 0. The lowest BCUT2D eigenvalue weighted by Crippen LogP contribution is -2.44. The summed E-state index contributed by atoms with van der Waals surface area (Å²) in [6, 6.07) is 5.69. The first-order valence-corrected chi connectivity index (χ1v) is 9.60. The first kappa shape index (κ1) is 16.4. The molecule has 5 rings (SSSR count). The smallest absolute Gasteiger partial charge is 0.317 e. The van der Waals surface area contributed by atoms with Gasteiger partial charge in [0, 0.05) is 31.5 Å². The van der Waals surface area contributed by atoms with E-state index in [9.17, 15) is 4.79 Å². The molecule has 1 aromatic carbocycles. The predicted octanol–water partition coefficient (Wildman–Crippen LogP) is 2.50. The molecule has 2 aromatic rings. The molecule has 2 fully saturated rings. The zero-order valence-electron chi connectivity index (χ0n) is 15.1. The van der Waals surface area contributed by atoms with Crippen LogP contribution < -0.4 is 14.8 Å². The van der Waals surface area contributed by atoms with E-state index in [0.717, 1.165) is 48.1 Å². The summed E-state index contributed by atoms with van der Waals surface area (Å²) in [5.74, 6) is 4.12. The fourth-order valence-electron chi connectivity index (χ4n) is 3.72. The van der Waals surface area contributed by atoms with Gasteiger partial charge in [-0.2, -0.15) is 5.10 Å². The number of aromatic amines is 1. The molecular formula is C19H23N5O3. The Morgan fingerprint density at radius 3 is 3.00 bits per heavy atom. The summed E-state index contributed by atoms with van der Waals surface area (Å²) in [5.41, 5.74) is 0.990. The Morgan fingerprint density at radius 2 is 2.11 bits per heavy atom. The average Bonchev–Trinajstić information content (AvgIpc) is 3.25. The maximum atomic E-state index is 12.6. The normalized spacial score (nSPS) is 21.3. The van der Waals surface area contributed by atoms with Crippen molar-refractivity contribution in [2.24, 2.45) is 0 Å². The van der Waals surface area contributed by atoms with Crippen LogP contribution in [-0.2, 0) is 6.54 Å². The SMILES string of the molecule is O=C(NCc1ccc2c(c1)OCO2)N1CCC[C@H](c2n[nH]c(C3CC3)n2)C1. The van der Waals surface area contributed by atoms with E-state index in [1.165, 1.54) is 12.8 Å². The number of amides is 2. The molecule has 2 N–H and O–H groups in total. The molecule has 2 aliphatic heterocycles. The predicted molar refractivity (Wildman–Crippen MR) is 96.7 cm³/mol. The van der Waals surface area contributed by atoms with Gasteiger partial charge in [0.15, 0.2) is 17.3 Å². The van der Waals surface area contributed by atoms with Crippen molar-refractivity contribution in [2.75, 3.05) is 19.9 Å². The number of piperidine rings is 1. The van der Waals surface area contributed by atoms with Crippen LogP contribution in [0, 0.1) is 0 Å². The van der Waals surface area contributed by atoms with Gasteiger partial charge in [-0.1, -0.05) is 6.07 Å². The molecule has 1 saturated carbocycles. The molecule has 0 radical (unpaired) electrons. The van der Waals surface area contributed by atoms with Crippen molar-refractivity contribution in [1.82, 2.24) is 25.4 Å². The molecule has 1 aliphatic carbocycles. The minimum atomic E-state index is -0.0460. The zero-order chi connectivity index (χ0) is 18.2. The van der Waals surface area contributed by atoms with E-state index >= 15 is 0 Å². The van der Waals surface area contributed by atoms with E-state index in [2.05, 4.69) is 20.5 Å². The number of likely N-dealkylation sites (tertiary alicyclic amines) is 1. The van der Waals surface area contributed by atoms with Crippen LogP contribution in [0.4, 0.5) is 4.79 Å². The third kappa shape index (κ3) is 3.43. The second-order valence-electron chi connectivity index (χ2n) is 7.48. The number of benzene rings is 1. The van der Waals surface area contributed by atoms with E-state index in [1.807, 2.05) is 23.1 Å². The lowest BCUT2D eigenvalue weighted by molar-refractivity contribution is 0.173. The van der Waals surface area contributed by atoms with Gasteiger partial charge in [-0.05, 0) is 43.4 Å². The Labute approximate surface area is 157 Å². The Bertz CT molecular complexity index is 848. The third-order valence-electron chi connectivity index (χ3n) is 5.44. The lowest BCUT2D eigenvalue weighted by atomic mass is 9.97. The summed E-state index contributed by atoms with van der Waals surface area (Å²) in [6.07, 6.45) is 4.39. The molecule has 142 valence electrons. The number of nitrogens with zero attached hydrogens (tertiary/aromatic N) is 3. The van der Waals surface area contributed by atoms with Gasteiger partial charge in [0.1, 0.15) is 5.82 Å². The van der Waals surface area contributed by atoms with Gasteiger partial charge in [-0.25, -0.2) is 9.78 Å². The summed E-state index contributed by atoms with van der Waals surface area (Å²) < 4.78 is 10.7. The first-order chi connectivity index (χ1) is 13.3. The molecule has 1 saturated heterocycles. The molecule has 1 atom stereocenters. The van der Waals surface area contributed by atoms with Crippen molar-refractivity contribution in [3.63, 3.8) is 0 Å². The van der Waals surface area contributed by atoms with Gasteiger partial charge in [0.05, 0.1) is 0 Å². The van der Waals surface area contributed by atoms with Crippen LogP contribution >= 0.6 is 0 Å². The van der Waals surface area contributed by atoms with Gasteiger partial charge >= 0.3 is 6.03 Å². The number of fused-ring (bicyclic) bond motifs is 1. The summed E-state index contributed by atoms with van der Waals surface area (Å²) in [4.78, 5) is 19.2. The maximum absolute atomic E-state index is 12.6. The Kier molecular flexibility index (Phi) is 4.10. The van der Waals surface area contributed by atoms with Crippen molar-refractivity contribution in [2.45, 2.75) is 44.1 Å². The second-order valence-corrected chi connectivity index (χ2v) is 7.48. The van der Waals surface area contributed by atoms with Crippen LogP contribution in [0.15, 0.2) is 18.2 Å². The number of aromatic nitrogens is 3. The maximum Gasteiger partial charge on any atom is 0.317 e. The van der Waals surface area contributed by atoms with Gasteiger partial charge < -0.3 is 19.7 Å². The molecule has 8 heteroatoms. The van der Waals surface area contributed by atoms with Crippen molar-refractivity contribution in [3.05, 3.63) is 35.4 Å². The lowest BCUT2D eigenvalue weighted by Gasteiger charge is -2.31. The topological polar surface area (TPSA) is 92.4 Å². The molecule has 3 heterocycles. The van der Waals surface area contributed by atoms with E-state index in [1.54, 1.807) is 0 Å². The van der Waals surface area contributed by atoms with Crippen LogP contribution in [0.1, 0.15) is 54.7 Å². The highest BCUT2D eigenvalue weighted by atomic mass is 16.7. The monoisotopic (exact) mass is 369 g/mol. The number of carbonyl (C=O) groups excluding carboxylic acids is 1. The van der Waals surface area contributed by atoms with Gasteiger partial charge in [-0.3, -0.25) is 5.10 Å². The fraction of sp³-hybridized carbons (Fsp3) is 0.526. The number of H-pyrrole nitrogens is 1. The largest absolute Gasteiger partial charge is 0.454 e. The molecule has 2 amide bonds. The molecule has 3 aliphatic rings. The minimum Gasteiger partial charge on any atom is -0.454 e. The highest BCUT2D eigenvalue weighted by Crippen LogP contribution is 2.38. The van der Waals surface area contributed by atoms with Gasteiger partial charge in [0.2, 0.25) is 6.79 Å². The van der Waals surface area contributed by atoms with Crippen molar-refractivity contribution >= 4 is 6.03 Å². The van der Waals surface area contributed by atoms with Crippen LogP contribution in [0.5, 0.6) is 11.5 Å². The number of urea groups is 1. The highest BCUT2D eigenvalue weighted by Gasteiger charge is 2.31. The fourth-order valence-corrected chi connectivity index (χ4v) is 3.72. The van der Waals surface area contributed by atoms with Crippen LogP contribution in [0.2, 0.25) is 0 Å². The summed E-state index contributed by atoms with van der Waals surface area (Å²) in [5, 5.41) is 10.5. The molecular weight excluding hydrogens is 346 g/mol. The van der Waals surface area contributed by atoms with Crippen LogP contribution in [0.25, 0.3) is 0 Å². The van der Waals surface area contributed by atoms with Gasteiger partial charge in [0.25, 0.3) is 0 Å². The van der Waals surface area contributed by atoms with Crippen LogP contribution in [0.3, 0.4) is 0 Å². The molecule has 0 spiro atoms. The number of carbonyl (C=O) groups is 1. The van der Waals surface area contributed by atoms with Crippen LogP contribution in [-0.4, -0.2) is 46.0 Å². The zero-order valence-corrected chi connectivity index (χ0v) is 15.1. The van der Waals surface area contributed by atoms with Crippen molar-refractivity contribution < 1.29 is 14.3 Å². The second kappa shape index (κ2) is 6.75. The Morgan fingerprint density at radius 1 is 1.22 bits per heavy atom. The number of rotatable bonds is 4. The summed E-state index contributed by atoms with van der Waals surface area (Å²) >= 11 is 0. The molecule has 27 heavy (non-hydrogen) atoms. The first-order valence-electron chi connectivity index (χ1n) is 9.60. The average molecular weight is 369 g/mol. The highest BCUT2D eigenvalue weighted by molar-refractivity contribution is 5.74. The molecule has 0 unspecified atom stereocenters. The number of ether oxygens (including phenoxy) is 2.